The molecule has 9 heteroatoms. The van der Waals surface area contributed by atoms with Gasteiger partial charge < -0.3 is 10.2 Å². The van der Waals surface area contributed by atoms with Gasteiger partial charge in [-0.05, 0) is 37.1 Å². The highest BCUT2D eigenvalue weighted by atomic mass is 32.2. The molecule has 0 bridgehead atoms. The van der Waals surface area contributed by atoms with E-state index in [1.165, 1.54) is 35.5 Å². The molecule has 1 aliphatic rings. The Hall–Kier alpha value is -2.29. The smallest absolute Gasteiger partial charge is 0.321 e. The lowest BCUT2D eigenvalue weighted by atomic mass is 9.97. The first-order valence-electron chi connectivity index (χ1n) is 8.09. The number of nitrogens with one attached hydrogen (secondary N) is 1. The van der Waals surface area contributed by atoms with Gasteiger partial charge >= 0.3 is 11.3 Å². The third kappa shape index (κ3) is 4.66. The Bertz CT molecular complexity index is 755. The summed E-state index contributed by atoms with van der Waals surface area (Å²) in [5, 5.41) is 6.92. The highest BCUT2D eigenvalue weighted by Crippen LogP contribution is 2.45. The van der Waals surface area contributed by atoms with Gasteiger partial charge in [-0.25, -0.2) is 9.18 Å². The summed E-state index contributed by atoms with van der Waals surface area (Å²) in [5.41, 5.74) is 0.499. The van der Waals surface area contributed by atoms with Crippen LogP contribution >= 0.6 is 11.8 Å². The van der Waals surface area contributed by atoms with Crippen molar-refractivity contribution >= 4 is 23.5 Å². The van der Waals surface area contributed by atoms with Crippen LogP contribution in [0.15, 0.2) is 47.6 Å². The molecule has 0 atom stereocenters. The Morgan fingerprint density at radius 1 is 1.23 bits per heavy atom. The molecule has 1 fully saturated rings. The van der Waals surface area contributed by atoms with Crippen LogP contribution in [0.2, 0.25) is 0 Å². The van der Waals surface area contributed by atoms with E-state index in [9.17, 15) is 18.0 Å². The molecule has 1 saturated heterocycles. The van der Waals surface area contributed by atoms with Gasteiger partial charge in [-0.1, -0.05) is 17.8 Å². The normalized spacial score (nSPS) is 15.7. The molecule has 2 amide bonds. The molecule has 0 saturated carbocycles. The van der Waals surface area contributed by atoms with Crippen LogP contribution in [0.4, 0.5) is 23.7 Å². The second-order valence-corrected chi connectivity index (χ2v) is 7.16. The number of halogens is 3. The van der Waals surface area contributed by atoms with E-state index in [0.717, 1.165) is 6.07 Å². The van der Waals surface area contributed by atoms with E-state index >= 15 is 0 Å². The Morgan fingerprint density at radius 3 is 2.65 bits per heavy atom. The van der Waals surface area contributed by atoms with Crippen molar-refractivity contribution in [2.75, 3.05) is 18.4 Å². The van der Waals surface area contributed by atoms with Crippen molar-refractivity contribution in [3.63, 3.8) is 0 Å². The molecule has 5 nitrogen and oxygen atoms in total. The van der Waals surface area contributed by atoms with Gasteiger partial charge in [-0.2, -0.15) is 19.0 Å². The van der Waals surface area contributed by atoms with Crippen molar-refractivity contribution in [2.24, 2.45) is 5.92 Å². The summed E-state index contributed by atoms with van der Waals surface area (Å²) in [6.07, 6.45) is 3.22. The summed E-state index contributed by atoms with van der Waals surface area (Å²) in [7, 11) is 0. The second kappa shape index (κ2) is 7.94. The second-order valence-electron chi connectivity index (χ2n) is 5.94. The van der Waals surface area contributed by atoms with Crippen LogP contribution in [0.3, 0.4) is 0 Å². The SMILES string of the molecule is O=C(Nc1ccnnc1)N1CCC(C(F)(F)Sc2cccc(F)c2)CC1. The summed E-state index contributed by atoms with van der Waals surface area (Å²) in [6, 6.07) is 6.45. The number of carbonyl (C=O) groups excluding carboxylic acids is 1. The van der Waals surface area contributed by atoms with Crippen LogP contribution in [0.1, 0.15) is 12.8 Å². The van der Waals surface area contributed by atoms with Crippen LogP contribution in [0, 0.1) is 11.7 Å². The number of likely N-dealkylation sites (tertiary alicyclic amines) is 1. The first-order valence-corrected chi connectivity index (χ1v) is 8.91. The largest absolute Gasteiger partial charge is 0.325 e. The maximum Gasteiger partial charge on any atom is 0.321 e. The number of carbonyl (C=O) groups is 1. The van der Waals surface area contributed by atoms with Crippen molar-refractivity contribution < 1.29 is 18.0 Å². The van der Waals surface area contributed by atoms with Crippen molar-refractivity contribution in [3.8, 4) is 0 Å². The number of thioether (sulfide) groups is 1. The molecular formula is C17H17F3N4OS. The van der Waals surface area contributed by atoms with Crippen molar-refractivity contribution in [1.29, 1.82) is 0 Å². The fourth-order valence-electron chi connectivity index (χ4n) is 2.76. The summed E-state index contributed by atoms with van der Waals surface area (Å²) < 4.78 is 42.2. The van der Waals surface area contributed by atoms with Gasteiger partial charge in [0.05, 0.1) is 18.1 Å². The van der Waals surface area contributed by atoms with E-state index in [0.29, 0.717) is 17.4 Å². The molecule has 2 heterocycles. The predicted molar refractivity (Wildman–Crippen MR) is 92.6 cm³/mol. The molecule has 0 spiro atoms. The number of hydrogen-bond acceptors (Lipinski definition) is 4. The zero-order valence-corrected chi connectivity index (χ0v) is 14.6. The number of hydrogen-bond donors (Lipinski definition) is 1. The van der Waals surface area contributed by atoms with E-state index in [2.05, 4.69) is 15.5 Å². The topological polar surface area (TPSA) is 58.1 Å². The van der Waals surface area contributed by atoms with Gasteiger partial charge in [0.1, 0.15) is 5.82 Å². The summed E-state index contributed by atoms with van der Waals surface area (Å²) in [5.74, 6) is -1.41. The Balaban J connectivity index is 1.54. The average Bonchev–Trinajstić information content (AvgIpc) is 2.62. The molecule has 0 radical (unpaired) electrons. The Kier molecular flexibility index (Phi) is 5.65. The van der Waals surface area contributed by atoms with Crippen molar-refractivity contribution in [2.45, 2.75) is 23.0 Å². The van der Waals surface area contributed by atoms with Gasteiger partial charge in [0.15, 0.2) is 0 Å². The summed E-state index contributed by atoms with van der Waals surface area (Å²) in [6.45, 7) is 0.461. The lowest BCUT2D eigenvalue weighted by Gasteiger charge is -2.35. The van der Waals surface area contributed by atoms with E-state index in [4.69, 9.17) is 0 Å². The molecule has 26 heavy (non-hydrogen) atoms. The van der Waals surface area contributed by atoms with Gasteiger partial charge in [0.25, 0.3) is 0 Å². The first kappa shape index (κ1) is 18.5. The molecule has 1 aromatic heterocycles. The van der Waals surface area contributed by atoms with Gasteiger partial charge in [-0.15, -0.1) is 0 Å². The van der Waals surface area contributed by atoms with E-state index < -0.39 is 17.0 Å². The number of piperidine rings is 1. The summed E-state index contributed by atoms with van der Waals surface area (Å²) in [4.78, 5) is 13.9. The maximum atomic E-state index is 14.5. The summed E-state index contributed by atoms with van der Waals surface area (Å²) >= 11 is 0.371. The molecule has 138 valence electrons. The van der Waals surface area contributed by atoms with Crippen molar-refractivity contribution in [1.82, 2.24) is 15.1 Å². The van der Waals surface area contributed by atoms with E-state index in [1.807, 2.05) is 0 Å². The number of aromatic nitrogens is 2. The Labute approximate surface area is 153 Å². The maximum absolute atomic E-state index is 14.5. The first-order chi connectivity index (χ1) is 12.4. The molecule has 2 aromatic rings. The van der Waals surface area contributed by atoms with Gasteiger partial charge in [0.2, 0.25) is 0 Å². The van der Waals surface area contributed by atoms with Crippen molar-refractivity contribution in [3.05, 3.63) is 48.5 Å². The number of amides is 2. The van der Waals surface area contributed by atoms with E-state index in [-0.39, 0.29) is 36.9 Å². The van der Waals surface area contributed by atoms with Gasteiger partial charge in [-0.3, -0.25) is 0 Å². The molecular weight excluding hydrogens is 365 g/mol. The van der Waals surface area contributed by atoms with Crippen LogP contribution in [0.25, 0.3) is 0 Å². The fraction of sp³-hybridized carbons (Fsp3) is 0.353. The molecule has 1 aliphatic heterocycles. The highest BCUT2D eigenvalue weighted by molar-refractivity contribution is 8.00. The fourth-order valence-corrected chi connectivity index (χ4v) is 3.79. The minimum absolute atomic E-state index is 0.178. The quantitative estimate of drug-likeness (QED) is 0.804. The molecule has 0 unspecified atom stereocenters. The average molecular weight is 382 g/mol. The predicted octanol–water partition coefficient (Wildman–Crippen LogP) is 4.24. The molecule has 1 aromatic carbocycles. The number of urea groups is 1. The minimum atomic E-state index is -3.02. The number of anilines is 1. The lowest BCUT2D eigenvalue weighted by molar-refractivity contribution is 0.01000. The number of nitrogens with zero attached hydrogens (tertiary/aromatic N) is 3. The van der Waals surface area contributed by atoms with E-state index in [1.54, 1.807) is 6.07 Å². The van der Waals surface area contributed by atoms with Crippen LogP contribution < -0.4 is 5.32 Å². The van der Waals surface area contributed by atoms with Crippen LogP contribution in [-0.4, -0.2) is 39.5 Å². The zero-order chi connectivity index (χ0) is 18.6. The molecule has 1 N–H and O–H groups in total. The third-order valence-electron chi connectivity index (χ3n) is 4.14. The van der Waals surface area contributed by atoms with Crippen LogP contribution in [-0.2, 0) is 0 Å². The number of alkyl halides is 2. The molecule has 0 aliphatic carbocycles. The highest BCUT2D eigenvalue weighted by Gasteiger charge is 2.42. The minimum Gasteiger partial charge on any atom is -0.325 e. The van der Waals surface area contributed by atoms with Gasteiger partial charge in [0, 0.05) is 23.9 Å². The monoisotopic (exact) mass is 382 g/mol. The third-order valence-corrected chi connectivity index (χ3v) is 5.24. The lowest BCUT2D eigenvalue weighted by Crippen LogP contribution is -2.44. The van der Waals surface area contributed by atoms with Crippen LogP contribution in [0.5, 0.6) is 0 Å². The molecule has 3 rings (SSSR count). The zero-order valence-electron chi connectivity index (χ0n) is 13.7. The standard InChI is InChI=1S/C17H17F3N4OS/c18-13-2-1-3-15(10-13)26-17(19,20)12-5-8-24(9-6-12)16(25)23-14-4-7-21-22-11-14/h1-4,7,10-12H,5-6,8-9H2,(H,21,23,25). The number of rotatable bonds is 4. The number of benzene rings is 1. The Morgan fingerprint density at radius 2 is 2.00 bits per heavy atom.